The molecule has 25 heavy (non-hydrogen) atoms. The van der Waals surface area contributed by atoms with Crippen LogP contribution in [0.15, 0.2) is 28.6 Å². The molecule has 0 amide bonds. The Bertz CT molecular complexity index is 791. The number of nitrogens with zero attached hydrogens (tertiary/aromatic N) is 4. The third kappa shape index (κ3) is 3.80. The van der Waals surface area contributed by atoms with Gasteiger partial charge in [-0.15, -0.1) is 11.3 Å². The van der Waals surface area contributed by atoms with E-state index in [2.05, 4.69) is 10.00 Å². The van der Waals surface area contributed by atoms with Gasteiger partial charge < -0.3 is 5.11 Å². The van der Waals surface area contributed by atoms with Crippen molar-refractivity contribution >= 4 is 21.4 Å². The number of thiophene rings is 1. The molecule has 1 saturated heterocycles. The van der Waals surface area contributed by atoms with Crippen LogP contribution in [0.2, 0.25) is 0 Å². The summed E-state index contributed by atoms with van der Waals surface area (Å²) in [6.07, 6.45) is 1.65. The zero-order chi connectivity index (χ0) is 18.0. The molecule has 2 aromatic heterocycles. The zero-order valence-corrected chi connectivity index (χ0v) is 16.1. The molecule has 1 aliphatic heterocycles. The standard InChI is InChI=1S/C16H24N4O3S2/c1-13(2)20-12-15(16(17-20)14-4-3-11-24-14)25(22,23)19-7-5-18(6-8-19)9-10-21/h3-4,11-13,21H,5-10H2,1-2H3. The van der Waals surface area contributed by atoms with Crippen molar-refractivity contribution in [1.82, 2.24) is 19.0 Å². The lowest BCUT2D eigenvalue weighted by Crippen LogP contribution is -2.49. The van der Waals surface area contributed by atoms with Crippen LogP contribution < -0.4 is 0 Å². The van der Waals surface area contributed by atoms with Crippen molar-refractivity contribution in [2.75, 3.05) is 39.3 Å². The van der Waals surface area contributed by atoms with Crippen LogP contribution in [0.25, 0.3) is 10.6 Å². The molecule has 0 radical (unpaired) electrons. The first-order chi connectivity index (χ1) is 11.9. The molecule has 1 N–H and O–H groups in total. The lowest BCUT2D eigenvalue weighted by atomic mass is 10.3. The minimum atomic E-state index is -3.60. The highest BCUT2D eigenvalue weighted by Crippen LogP contribution is 2.32. The molecule has 7 nitrogen and oxygen atoms in total. The average molecular weight is 385 g/mol. The van der Waals surface area contributed by atoms with Gasteiger partial charge in [0.25, 0.3) is 0 Å². The van der Waals surface area contributed by atoms with E-state index in [1.165, 1.54) is 15.6 Å². The first-order valence-corrected chi connectivity index (χ1v) is 10.7. The summed E-state index contributed by atoms with van der Waals surface area (Å²) in [7, 11) is -3.60. The fraction of sp³-hybridized carbons (Fsp3) is 0.562. The number of rotatable bonds is 6. The molecular formula is C16H24N4O3S2. The van der Waals surface area contributed by atoms with E-state index in [0.29, 0.717) is 38.4 Å². The predicted octanol–water partition coefficient (Wildman–Crippen LogP) is 1.49. The van der Waals surface area contributed by atoms with Crippen LogP contribution in [0.5, 0.6) is 0 Å². The molecule has 3 heterocycles. The SMILES string of the molecule is CC(C)n1cc(S(=O)(=O)N2CCN(CCO)CC2)c(-c2cccs2)n1. The first-order valence-electron chi connectivity index (χ1n) is 8.40. The first kappa shape index (κ1) is 18.5. The van der Waals surface area contributed by atoms with E-state index in [9.17, 15) is 8.42 Å². The maximum absolute atomic E-state index is 13.2. The van der Waals surface area contributed by atoms with Crippen LogP contribution in [0.3, 0.4) is 0 Å². The quantitative estimate of drug-likeness (QED) is 0.816. The number of sulfonamides is 1. The smallest absolute Gasteiger partial charge is 0.246 e. The second-order valence-electron chi connectivity index (χ2n) is 6.36. The molecular weight excluding hydrogens is 360 g/mol. The van der Waals surface area contributed by atoms with Gasteiger partial charge in [0.15, 0.2) is 0 Å². The molecule has 0 spiro atoms. The molecule has 0 atom stereocenters. The summed E-state index contributed by atoms with van der Waals surface area (Å²) in [5, 5.41) is 15.5. The molecule has 0 aromatic carbocycles. The third-order valence-electron chi connectivity index (χ3n) is 4.35. The number of β-amino-alcohol motifs (C(OH)–C–C–N with tert-alkyl or cyclic N) is 1. The van der Waals surface area contributed by atoms with Crippen molar-refractivity contribution in [2.24, 2.45) is 0 Å². The highest BCUT2D eigenvalue weighted by Gasteiger charge is 2.33. The Kier molecular flexibility index (Phi) is 5.59. The monoisotopic (exact) mass is 384 g/mol. The lowest BCUT2D eigenvalue weighted by molar-refractivity contribution is 0.151. The molecule has 9 heteroatoms. The van der Waals surface area contributed by atoms with Crippen molar-refractivity contribution < 1.29 is 13.5 Å². The van der Waals surface area contributed by atoms with Crippen LogP contribution in [0.1, 0.15) is 19.9 Å². The van der Waals surface area contributed by atoms with Gasteiger partial charge in [0.2, 0.25) is 10.0 Å². The molecule has 138 valence electrons. The number of hydrogen-bond donors (Lipinski definition) is 1. The Morgan fingerprint density at radius 3 is 2.56 bits per heavy atom. The van der Waals surface area contributed by atoms with Gasteiger partial charge in [-0.1, -0.05) is 6.07 Å². The van der Waals surface area contributed by atoms with E-state index in [1.54, 1.807) is 10.9 Å². The normalized spacial score (nSPS) is 17.4. The van der Waals surface area contributed by atoms with Gasteiger partial charge in [0.05, 0.1) is 11.5 Å². The molecule has 3 rings (SSSR count). The average Bonchev–Trinajstić information content (AvgIpc) is 3.25. The number of hydrogen-bond acceptors (Lipinski definition) is 6. The second-order valence-corrected chi connectivity index (χ2v) is 9.22. The van der Waals surface area contributed by atoms with Crippen molar-refractivity contribution in [3.05, 3.63) is 23.7 Å². The highest BCUT2D eigenvalue weighted by atomic mass is 32.2. The molecule has 0 saturated carbocycles. The van der Waals surface area contributed by atoms with E-state index in [-0.39, 0.29) is 17.5 Å². The number of piperazine rings is 1. The van der Waals surface area contributed by atoms with Gasteiger partial charge in [-0.2, -0.15) is 9.40 Å². The summed E-state index contributed by atoms with van der Waals surface area (Å²) in [6.45, 7) is 6.76. The van der Waals surface area contributed by atoms with E-state index < -0.39 is 10.0 Å². The van der Waals surface area contributed by atoms with Gasteiger partial charge in [0, 0.05) is 45.0 Å². The lowest BCUT2D eigenvalue weighted by Gasteiger charge is -2.33. The second kappa shape index (κ2) is 7.55. The van der Waals surface area contributed by atoms with Crippen LogP contribution in [0.4, 0.5) is 0 Å². The number of aromatic nitrogens is 2. The maximum Gasteiger partial charge on any atom is 0.246 e. The van der Waals surface area contributed by atoms with Crippen LogP contribution >= 0.6 is 11.3 Å². The molecule has 0 aliphatic carbocycles. The van der Waals surface area contributed by atoms with Gasteiger partial charge in [0.1, 0.15) is 10.6 Å². The Morgan fingerprint density at radius 1 is 1.28 bits per heavy atom. The Balaban J connectivity index is 1.92. The van der Waals surface area contributed by atoms with Crippen molar-refractivity contribution in [3.8, 4) is 10.6 Å². The molecule has 0 unspecified atom stereocenters. The summed E-state index contributed by atoms with van der Waals surface area (Å²) in [5.74, 6) is 0. The van der Waals surface area contributed by atoms with Gasteiger partial charge in [-0.3, -0.25) is 9.58 Å². The third-order valence-corrected chi connectivity index (χ3v) is 7.12. The zero-order valence-electron chi connectivity index (χ0n) is 14.5. The summed E-state index contributed by atoms with van der Waals surface area (Å²) in [4.78, 5) is 3.21. The van der Waals surface area contributed by atoms with Crippen LogP contribution in [-0.2, 0) is 10.0 Å². The number of aliphatic hydroxyl groups is 1. The summed E-state index contributed by atoms with van der Waals surface area (Å²) >= 11 is 1.49. The number of aliphatic hydroxyl groups excluding tert-OH is 1. The Labute approximate surface area is 152 Å². The van der Waals surface area contributed by atoms with Crippen LogP contribution in [-0.4, -0.2) is 71.8 Å². The fourth-order valence-electron chi connectivity index (χ4n) is 2.89. The molecule has 1 aliphatic rings. The molecule has 2 aromatic rings. The Morgan fingerprint density at radius 2 is 2.00 bits per heavy atom. The Hall–Kier alpha value is -1.26. The maximum atomic E-state index is 13.2. The fourth-order valence-corrected chi connectivity index (χ4v) is 5.23. The molecule has 1 fully saturated rings. The van der Waals surface area contributed by atoms with Crippen molar-refractivity contribution in [3.63, 3.8) is 0 Å². The van der Waals surface area contributed by atoms with Crippen molar-refractivity contribution in [1.29, 1.82) is 0 Å². The minimum absolute atomic E-state index is 0.0871. The van der Waals surface area contributed by atoms with E-state index in [0.717, 1.165) is 4.88 Å². The largest absolute Gasteiger partial charge is 0.395 e. The topological polar surface area (TPSA) is 78.7 Å². The van der Waals surface area contributed by atoms with Crippen molar-refractivity contribution in [2.45, 2.75) is 24.8 Å². The summed E-state index contributed by atoms with van der Waals surface area (Å²) in [5.41, 5.74) is 0.529. The van der Waals surface area contributed by atoms with Gasteiger partial charge in [-0.05, 0) is 25.3 Å². The molecule has 0 bridgehead atoms. The predicted molar refractivity (Wildman–Crippen MR) is 98.2 cm³/mol. The minimum Gasteiger partial charge on any atom is -0.395 e. The van der Waals surface area contributed by atoms with E-state index >= 15 is 0 Å². The highest BCUT2D eigenvalue weighted by molar-refractivity contribution is 7.89. The van der Waals surface area contributed by atoms with E-state index in [1.807, 2.05) is 31.4 Å². The van der Waals surface area contributed by atoms with Gasteiger partial charge in [-0.25, -0.2) is 8.42 Å². The summed E-state index contributed by atoms with van der Waals surface area (Å²) in [6, 6.07) is 3.89. The van der Waals surface area contributed by atoms with Gasteiger partial charge >= 0.3 is 0 Å². The van der Waals surface area contributed by atoms with E-state index in [4.69, 9.17) is 5.11 Å². The van der Waals surface area contributed by atoms with Crippen LogP contribution in [0, 0.1) is 0 Å². The summed E-state index contributed by atoms with van der Waals surface area (Å²) < 4.78 is 29.7.